The molecule has 112 valence electrons. The van der Waals surface area contributed by atoms with Crippen LogP contribution in [0.4, 0.5) is 4.39 Å². The van der Waals surface area contributed by atoms with Gasteiger partial charge in [0.25, 0.3) is 5.91 Å². The van der Waals surface area contributed by atoms with E-state index in [9.17, 15) is 14.3 Å². The lowest BCUT2D eigenvalue weighted by Gasteiger charge is -2.24. The van der Waals surface area contributed by atoms with Gasteiger partial charge >= 0.3 is 0 Å². The standard InChI is InChI=1S/C15H21ClFNO2/c1-10(2)7-8-15(3,20)9-18-14(19)13-11(16)5-4-6-12(13)17/h4-6,10,20H,7-9H2,1-3H3,(H,18,19). The minimum Gasteiger partial charge on any atom is -0.388 e. The van der Waals surface area contributed by atoms with Gasteiger partial charge in [-0.25, -0.2) is 4.39 Å². The lowest BCUT2D eigenvalue weighted by atomic mass is 9.95. The van der Waals surface area contributed by atoms with Crippen molar-refractivity contribution in [3.63, 3.8) is 0 Å². The van der Waals surface area contributed by atoms with E-state index in [1.165, 1.54) is 18.2 Å². The van der Waals surface area contributed by atoms with Gasteiger partial charge in [-0.05, 0) is 37.8 Å². The maximum absolute atomic E-state index is 13.6. The monoisotopic (exact) mass is 301 g/mol. The SMILES string of the molecule is CC(C)CCC(C)(O)CNC(=O)c1c(F)cccc1Cl. The average Bonchev–Trinajstić information content (AvgIpc) is 2.34. The van der Waals surface area contributed by atoms with E-state index in [0.29, 0.717) is 12.3 Å². The summed E-state index contributed by atoms with van der Waals surface area (Å²) in [5.41, 5.74) is -1.20. The van der Waals surface area contributed by atoms with Crippen LogP contribution in [0.25, 0.3) is 0 Å². The summed E-state index contributed by atoms with van der Waals surface area (Å²) in [5.74, 6) is -0.812. The molecule has 0 fully saturated rings. The first-order valence-corrected chi connectivity index (χ1v) is 7.05. The molecule has 0 bridgehead atoms. The molecule has 1 atom stereocenters. The highest BCUT2D eigenvalue weighted by atomic mass is 35.5. The van der Waals surface area contributed by atoms with Gasteiger partial charge in [-0.3, -0.25) is 4.79 Å². The quantitative estimate of drug-likeness (QED) is 0.846. The summed E-state index contributed by atoms with van der Waals surface area (Å²) in [6, 6.07) is 4.07. The summed E-state index contributed by atoms with van der Waals surface area (Å²) < 4.78 is 13.6. The van der Waals surface area contributed by atoms with Crippen LogP contribution in [0.1, 0.15) is 44.0 Å². The highest BCUT2D eigenvalue weighted by Crippen LogP contribution is 2.20. The second-order valence-electron chi connectivity index (χ2n) is 5.71. The van der Waals surface area contributed by atoms with E-state index in [4.69, 9.17) is 11.6 Å². The van der Waals surface area contributed by atoms with Gasteiger partial charge in [0.2, 0.25) is 0 Å². The van der Waals surface area contributed by atoms with E-state index in [0.717, 1.165) is 6.42 Å². The minimum atomic E-state index is -1.02. The predicted octanol–water partition coefficient (Wildman–Crippen LogP) is 3.40. The number of rotatable bonds is 6. The summed E-state index contributed by atoms with van der Waals surface area (Å²) >= 11 is 5.81. The molecular formula is C15H21ClFNO2. The van der Waals surface area contributed by atoms with Gasteiger partial charge in [-0.15, -0.1) is 0 Å². The number of hydrogen-bond donors (Lipinski definition) is 2. The molecule has 1 aromatic carbocycles. The van der Waals surface area contributed by atoms with Crippen LogP contribution in [0.3, 0.4) is 0 Å². The normalized spacial score (nSPS) is 14.2. The maximum Gasteiger partial charge on any atom is 0.255 e. The summed E-state index contributed by atoms with van der Waals surface area (Å²) in [5, 5.41) is 12.7. The Morgan fingerprint density at radius 1 is 1.50 bits per heavy atom. The first-order valence-electron chi connectivity index (χ1n) is 6.67. The van der Waals surface area contributed by atoms with Crippen LogP contribution >= 0.6 is 11.6 Å². The molecule has 0 saturated heterocycles. The molecule has 5 heteroatoms. The van der Waals surface area contributed by atoms with Gasteiger partial charge in [0.15, 0.2) is 0 Å². The number of hydrogen-bond acceptors (Lipinski definition) is 2. The van der Waals surface area contributed by atoms with E-state index in [2.05, 4.69) is 19.2 Å². The Balaban J connectivity index is 2.63. The summed E-state index contributed by atoms with van der Waals surface area (Å²) in [7, 11) is 0. The average molecular weight is 302 g/mol. The zero-order chi connectivity index (χ0) is 15.3. The molecule has 1 unspecified atom stereocenters. The fourth-order valence-electron chi connectivity index (χ4n) is 1.76. The Labute approximate surface area is 124 Å². The molecule has 0 radical (unpaired) electrons. The molecular weight excluding hydrogens is 281 g/mol. The number of nitrogens with one attached hydrogen (secondary N) is 1. The Morgan fingerprint density at radius 2 is 2.15 bits per heavy atom. The van der Waals surface area contributed by atoms with Crippen molar-refractivity contribution in [2.45, 2.75) is 39.2 Å². The van der Waals surface area contributed by atoms with E-state index >= 15 is 0 Å². The fourth-order valence-corrected chi connectivity index (χ4v) is 2.01. The van der Waals surface area contributed by atoms with E-state index in [1.54, 1.807) is 6.92 Å². The topological polar surface area (TPSA) is 49.3 Å². The minimum absolute atomic E-state index is 0.0587. The third kappa shape index (κ3) is 5.10. The highest BCUT2D eigenvalue weighted by Gasteiger charge is 2.23. The van der Waals surface area contributed by atoms with E-state index < -0.39 is 17.3 Å². The van der Waals surface area contributed by atoms with Gasteiger partial charge in [0.1, 0.15) is 5.82 Å². The molecule has 0 aliphatic heterocycles. The Bertz CT molecular complexity index is 455. The van der Waals surface area contributed by atoms with Crippen LogP contribution in [-0.4, -0.2) is 23.2 Å². The molecule has 0 aliphatic rings. The number of amides is 1. The second kappa shape index (κ2) is 7.04. The van der Waals surface area contributed by atoms with Crippen molar-refractivity contribution in [3.8, 4) is 0 Å². The number of aliphatic hydroxyl groups is 1. The van der Waals surface area contributed by atoms with Crippen molar-refractivity contribution in [1.29, 1.82) is 0 Å². The number of carbonyl (C=O) groups is 1. The summed E-state index contributed by atoms with van der Waals surface area (Å²) in [4.78, 5) is 11.9. The number of benzene rings is 1. The molecule has 1 rings (SSSR count). The molecule has 0 saturated carbocycles. The van der Waals surface area contributed by atoms with E-state index in [1.807, 2.05) is 0 Å². The first-order chi connectivity index (χ1) is 9.23. The molecule has 0 aliphatic carbocycles. The van der Waals surface area contributed by atoms with Gasteiger partial charge in [-0.2, -0.15) is 0 Å². The zero-order valence-electron chi connectivity index (χ0n) is 12.0. The lowest BCUT2D eigenvalue weighted by Crippen LogP contribution is -2.41. The van der Waals surface area contributed by atoms with E-state index in [-0.39, 0.29) is 17.1 Å². The smallest absolute Gasteiger partial charge is 0.255 e. The predicted molar refractivity (Wildman–Crippen MR) is 78.4 cm³/mol. The largest absolute Gasteiger partial charge is 0.388 e. The molecule has 0 aromatic heterocycles. The second-order valence-corrected chi connectivity index (χ2v) is 6.12. The van der Waals surface area contributed by atoms with Crippen molar-refractivity contribution in [2.75, 3.05) is 6.54 Å². The van der Waals surface area contributed by atoms with Crippen molar-refractivity contribution < 1.29 is 14.3 Å². The molecule has 1 aromatic rings. The van der Waals surface area contributed by atoms with Crippen molar-refractivity contribution in [3.05, 3.63) is 34.6 Å². The molecule has 1 amide bonds. The van der Waals surface area contributed by atoms with Crippen LogP contribution in [-0.2, 0) is 0 Å². The maximum atomic E-state index is 13.6. The number of halogens is 2. The van der Waals surface area contributed by atoms with Crippen molar-refractivity contribution >= 4 is 17.5 Å². The summed E-state index contributed by atoms with van der Waals surface area (Å²) in [6.07, 6.45) is 1.42. The van der Waals surface area contributed by atoms with Crippen molar-refractivity contribution in [2.24, 2.45) is 5.92 Å². The zero-order valence-corrected chi connectivity index (χ0v) is 12.8. The van der Waals surface area contributed by atoms with Crippen molar-refractivity contribution in [1.82, 2.24) is 5.32 Å². The Hall–Kier alpha value is -1.13. The summed E-state index contributed by atoms with van der Waals surface area (Å²) in [6.45, 7) is 5.84. The lowest BCUT2D eigenvalue weighted by molar-refractivity contribution is 0.0428. The molecule has 0 spiro atoms. The first kappa shape index (κ1) is 16.9. The molecule has 0 heterocycles. The molecule has 20 heavy (non-hydrogen) atoms. The highest BCUT2D eigenvalue weighted by molar-refractivity contribution is 6.33. The van der Waals surface area contributed by atoms with Crippen LogP contribution in [0.2, 0.25) is 5.02 Å². The van der Waals surface area contributed by atoms with Crippen LogP contribution < -0.4 is 5.32 Å². The number of carbonyl (C=O) groups excluding carboxylic acids is 1. The van der Waals surface area contributed by atoms with Crippen LogP contribution in [0.5, 0.6) is 0 Å². The van der Waals surface area contributed by atoms with Gasteiger partial charge in [-0.1, -0.05) is 31.5 Å². The third-order valence-electron chi connectivity index (χ3n) is 3.08. The van der Waals surface area contributed by atoms with Crippen LogP contribution in [0, 0.1) is 11.7 Å². The fraction of sp³-hybridized carbons (Fsp3) is 0.533. The third-order valence-corrected chi connectivity index (χ3v) is 3.39. The van der Waals surface area contributed by atoms with Gasteiger partial charge < -0.3 is 10.4 Å². The van der Waals surface area contributed by atoms with Gasteiger partial charge in [0, 0.05) is 6.54 Å². The molecule has 3 nitrogen and oxygen atoms in total. The Morgan fingerprint density at radius 3 is 2.70 bits per heavy atom. The Kier molecular flexibility index (Phi) is 5.96. The van der Waals surface area contributed by atoms with Gasteiger partial charge in [0.05, 0.1) is 16.2 Å². The van der Waals surface area contributed by atoms with Crippen LogP contribution in [0.15, 0.2) is 18.2 Å². The molecule has 2 N–H and O–H groups in total.